The van der Waals surface area contributed by atoms with Gasteiger partial charge in [0.05, 0.1) is 12.2 Å². The summed E-state index contributed by atoms with van der Waals surface area (Å²) in [5, 5.41) is 11.6. The fourth-order valence-electron chi connectivity index (χ4n) is 1.39. The van der Waals surface area contributed by atoms with Gasteiger partial charge in [0.2, 0.25) is 0 Å². The molecule has 0 radical (unpaired) electrons. The first kappa shape index (κ1) is 11.3. The van der Waals surface area contributed by atoms with Crippen molar-refractivity contribution in [3.8, 4) is 0 Å². The third-order valence-corrected chi connectivity index (χ3v) is 2.32. The van der Waals surface area contributed by atoms with Crippen LogP contribution in [-0.2, 0) is 6.61 Å². The van der Waals surface area contributed by atoms with Crippen LogP contribution in [0.3, 0.4) is 0 Å². The van der Waals surface area contributed by atoms with E-state index in [1.54, 1.807) is 42.6 Å². The van der Waals surface area contributed by atoms with Crippen LogP contribution in [0.5, 0.6) is 0 Å². The third kappa shape index (κ3) is 2.89. The van der Waals surface area contributed by atoms with Crippen molar-refractivity contribution in [1.82, 2.24) is 4.98 Å². The van der Waals surface area contributed by atoms with E-state index in [0.717, 1.165) is 5.56 Å². The van der Waals surface area contributed by atoms with E-state index >= 15 is 0 Å². The number of aliphatic hydroxyl groups excluding tert-OH is 1. The number of carbonyl (C=O) groups excluding carboxylic acids is 1. The molecule has 2 aromatic rings. The third-order valence-electron chi connectivity index (χ3n) is 2.32. The highest BCUT2D eigenvalue weighted by molar-refractivity contribution is 6.03. The molecule has 0 aliphatic carbocycles. The van der Waals surface area contributed by atoms with Gasteiger partial charge in [0.25, 0.3) is 5.91 Å². The lowest BCUT2D eigenvalue weighted by Gasteiger charge is -2.05. The van der Waals surface area contributed by atoms with Gasteiger partial charge in [-0.2, -0.15) is 0 Å². The molecule has 2 N–H and O–H groups in total. The molecule has 17 heavy (non-hydrogen) atoms. The highest BCUT2D eigenvalue weighted by atomic mass is 16.3. The van der Waals surface area contributed by atoms with Crippen LogP contribution < -0.4 is 5.32 Å². The van der Waals surface area contributed by atoms with Crippen molar-refractivity contribution < 1.29 is 9.90 Å². The Balaban J connectivity index is 2.08. The van der Waals surface area contributed by atoms with Gasteiger partial charge in [-0.1, -0.05) is 12.1 Å². The second-order valence-corrected chi connectivity index (χ2v) is 3.55. The second-order valence-electron chi connectivity index (χ2n) is 3.55. The second kappa shape index (κ2) is 5.23. The largest absolute Gasteiger partial charge is 0.392 e. The molecule has 4 nitrogen and oxygen atoms in total. The van der Waals surface area contributed by atoms with E-state index in [1.165, 1.54) is 6.20 Å². The first-order chi connectivity index (χ1) is 8.29. The molecule has 0 saturated carbocycles. The number of hydrogen-bond donors (Lipinski definition) is 2. The van der Waals surface area contributed by atoms with Gasteiger partial charge in [-0.15, -0.1) is 0 Å². The molecule has 0 aliphatic heterocycles. The lowest BCUT2D eigenvalue weighted by atomic mass is 10.2. The smallest absolute Gasteiger partial charge is 0.257 e. The molecule has 0 bridgehead atoms. The first-order valence-electron chi connectivity index (χ1n) is 5.21. The van der Waals surface area contributed by atoms with Gasteiger partial charge in [0.1, 0.15) is 0 Å². The summed E-state index contributed by atoms with van der Waals surface area (Å²) in [6, 6.07) is 10.4. The molecule has 0 aliphatic rings. The summed E-state index contributed by atoms with van der Waals surface area (Å²) in [6.07, 6.45) is 3.13. The number of anilines is 1. The van der Waals surface area contributed by atoms with Crippen molar-refractivity contribution in [3.63, 3.8) is 0 Å². The molecule has 0 saturated heterocycles. The minimum absolute atomic E-state index is 0.00314. The summed E-state index contributed by atoms with van der Waals surface area (Å²) in [6.45, 7) is -0.00314. The molecule has 4 heteroatoms. The number of aromatic nitrogens is 1. The van der Waals surface area contributed by atoms with Gasteiger partial charge >= 0.3 is 0 Å². The van der Waals surface area contributed by atoms with Crippen LogP contribution >= 0.6 is 0 Å². The van der Waals surface area contributed by atoms with Gasteiger partial charge in [0.15, 0.2) is 0 Å². The summed E-state index contributed by atoms with van der Waals surface area (Å²) in [5.41, 5.74) is 2.01. The van der Waals surface area contributed by atoms with Gasteiger partial charge in [-0.25, -0.2) is 0 Å². The Bertz CT molecular complexity index is 495. The SMILES string of the molecule is O=C(Nc1ccc(CO)cc1)c1cccnc1. The zero-order valence-corrected chi connectivity index (χ0v) is 9.13. The Morgan fingerprint density at radius 2 is 2.00 bits per heavy atom. The number of benzene rings is 1. The van der Waals surface area contributed by atoms with Crippen molar-refractivity contribution >= 4 is 11.6 Å². The summed E-state index contributed by atoms with van der Waals surface area (Å²) < 4.78 is 0. The van der Waals surface area contributed by atoms with E-state index in [-0.39, 0.29) is 12.5 Å². The monoisotopic (exact) mass is 228 g/mol. The van der Waals surface area contributed by atoms with Crippen LogP contribution in [0.1, 0.15) is 15.9 Å². The molecule has 0 spiro atoms. The molecular formula is C13H12N2O2. The number of carbonyl (C=O) groups is 1. The van der Waals surface area contributed by atoms with Crippen molar-refractivity contribution in [2.75, 3.05) is 5.32 Å². The van der Waals surface area contributed by atoms with Gasteiger partial charge in [-0.05, 0) is 29.8 Å². The Morgan fingerprint density at radius 1 is 1.24 bits per heavy atom. The van der Waals surface area contributed by atoms with E-state index in [2.05, 4.69) is 10.3 Å². The maximum Gasteiger partial charge on any atom is 0.257 e. The molecule has 1 aromatic carbocycles. The molecule has 86 valence electrons. The highest BCUT2D eigenvalue weighted by Crippen LogP contribution is 2.10. The fourth-order valence-corrected chi connectivity index (χ4v) is 1.39. The standard InChI is InChI=1S/C13H12N2O2/c16-9-10-3-5-12(6-4-10)15-13(17)11-2-1-7-14-8-11/h1-8,16H,9H2,(H,15,17). The maximum atomic E-state index is 11.8. The fraction of sp³-hybridized carbons (Fsp3) is 0.0769. The minimum Gasteiger partial charge on any atom is -0.392 e. The average Bonchev–Trinajstić information content (AvgIpc) is 2.40. The number of pyridine rings is 1. The number of amides is 1. The summed E-state index contributed by atoms with van der Waals surface area (Å²) in [7, 11) is 0. The predicted molar refractivity (Wildman–Crippen MR) is 64.6 cm³/mol. The van der Waals surface area contributed by atoms with E-state index in [0.29, 0.717) is 11.3 Å². The number of aliphatic hydroxyl groups is 1. The molecule has 0 unspecified atom stereocenters. The van der Waals surface area contributed by atoms with Crippen LogP contribution in [-0.4, -0.2) is 16.0 Å². The lowest BCUT2D eigenvalue weighted by Crippen LogP contribution is -2.11. The Kier molecular flexibility index (Phi) is 3.47. The average molecular weight is 228 g/mol. The Morgan fingerprint density at radius 3 is 2.59 bits per heavy atom. The maximum absolute atomic E-state index is 11.8. The van der Waals surface area contributed by atoms with Gasteiger partial charge in [-0.3, -0.25) is 9.78 Å². The molecule has 0 fully saturated rings. The van der Waals surface area contributed by atoms with Gasteiger partial charge in [0, 0.05) is 18.1 Å². The predicted octanol–water partition coefficient (Wildman–Crippen LogP) is 1.83. The topological polar surface area (TPSA) is 62.2 Å². The van der Waals surface area contributed by atoms with Crippen molar-refractivity contribution in [2.45, 2.75) is 6.61 Å². The number of rotatable bonds is 3. The summed E-state index contributed by atoms with van der Waals surface area (Å²) in [5.74, 6) is -0.199. The summed E-state index contributed by atoms with van der Waals surface area (Å²) >= 11 is 0. The number of nitrogens with one attached hydrogen (secondary N) is 1. The van der Waals surface area contributed by atoms with E-state index in [4.69, 9.17) is 5.11 Å². The molecule has 1 amide bonds. The highest BCUT2D eigenvalue weighted by Gasteiger charge is 2.05. The minimum atomic E-state index is -0.199. The van der Waals surface area contributed by atoms with E-state index in [1.807, 2.05) is 0 Å². The zero-order chi connectivity index (χ0) is 12.1. The molecule has 1 heterocycles. The number of nitrogens with zero attached hydrogens (tertiary/aromatic N) is 1. The van der Waals surface area contributed by atoms with Crippen LogP contribution in [0.15, 0.2) is 48.8 Å². The molecular weight excluding hydrogens is 216 g/mol. The zero-order valence-electron chi connectivity index (χ0n) is 9.13. The van der Waals surface area contributed by atoms with Crippen molar-refractivity contribution in [2.24, 2.45) is 0 Å². The molecule has 0 atom stereocenters. The van der Waals surface area contributed by atoms with Crippen LogP contribution in [0, 0.1) is 0 Å². The first-order valence-corrected chi connectivity index (χ1v) is 5.21. The van der Waals surface area contributed by atoms with Crippen LogP contribution in [0.4, 0.5) is 5.69 Å². The van der Waals surface area contributed by atoms with Gasteiger partial charge < -0.3 is 10.4 Å². The molecule has 2 rings (SSSR count). The van der Waals surface area contributed by atoms with Crippen molar-refractivity contribution in [3.05, 3.63) is 59.9 Å². The quantitative estimate of drug-likeness (QED) is 0.842. The normalized spacial score (nSPS) is 9.94. The lowest BCUT2D eigenvalue weighted by molar-refractivity contribution is 0.102. The molecule has 1 aromatic heterocycles. The Labute approximate surface area is 98.9 Å². The van der Waals surface area contributed by atoms with E-state index in [9.17, 15) is 4.79 Å². The number of hydrogen-bond acceptors (Lipinski definition) is 3. The van der Waals surface area contributed by atoms with Crippen molar-refractivity contribution in [1.29, 1.82) is 0 Å². The summed E-state index contributed by atoms with van der Waals surface area (Å²) in [4.78, 5) is 15.6. The van der Waals surface area contributed by atoms with Crippen LogP contribution in [0.2, 0.25) is 0 Å². The van der Waals surface area contributed by atoms with Crippen LogP contribution in [0.25, 0.3) is 0 Å². The Hall–Kier alpha value is -2.20. The van der Waals surface area contributed by atoms with E-state index < -0.39 is 0 Å².